The number of carbonyl (C=O) groups is 2. The fourth-order valence-electron chi connectivity index (χ4n) is 11.6. The van der Waals surface area contributed by atoms with Crippen molar-refractivity contribution in [2.75, 3.05) is 13.2 Å². The minimum absolute atomic E-state index is 0.0183. The number of carbonyl (C=O) groups excluding carboxylic acids is 2. The number of nitrogens with one attached hydrogen (secondary N) is 1. The molecule has 0 aromatic heterocycles. The summed E-state index contributed by atoms with van der Waals surface area (Å²) in [5.74, 6) is -0.0429. The van der Waals surface area contributed by atoms with E-state index in [4.69, 9.17) is 4.74 Å². The molecule has 0 aliphatic rings. The SMILES string of the molecule is CCCCCCCC/C=C\CCCCCCCCCC(=O)OCCCCCCCCCCCCCCCCCCCCCCCCCCCCCCCCCCC(=O)NC(CO)C(O)/C=C/CCCCCCCCCCCCCC. The van der Waals surface area contributed by atoms with E-state index in [1.807, 2.05) is 6.08 Å². The Morgan fingerprint density at radius 1 is 0.338 bits per heavy atom. The molecule has 0 heterocycles. The Kier molecular flexibility index (Phi) is 68.4. The van der Waals surface area contributed by atoms with E-state index >= 15 is 0 Å². The van der Waals surface area contributed by atoms with E-state index in [-0.39, 0.29) is 18.5 Å². The van der Waals surface area contributed by atoms with Crippen LogP contribution in [0, 0.1) is 0 Å². The molecule has 0 radical (unpaired) electrons. The number of aliphatic hydroxyl groups excluding tert-OH is 2. The van der Waals surface area contributed by atoms with E-state index in [0.29, 0.717) is 19.4 Å². The lowest BCUT2D eigenvalue weighted by atomic mass is 10.0. The molecule has 0 rings (SSSR count). The highest BCUT2D eigenvalue weighted by Crippen LogP contribution is 2.19. The monoisotopic (exact) mass is 1130 g/mol. The largest absolute Gasteiger partial charge is 0.466 e. The van der Waals surface area contributed by atoms with E-state index < -0.39 is 12.1 Å². The Bertz CT molecular complexity index is 1250. The van der Waals surface area contributed by atoms with Crippen LogP contribution in [0.15, 0.2) is 24.3 Å². The van der Waals surface area contributed by atoms with Gasteiger partial charge in [-0.05, 0) is 57.8 Å². The molecule has 0 aliphatic heterocycles. The lowest BCUT2D eigenvalue weighted by molar-refractivity contribution is -0.143. The van der Waals surface area contributed by atoms with Crippen molar-refractivity contribution >= 4 is 11.9 Å². The predicted molar refractivity (Wildman–Crippen MR) is 352 cm³/mol. The third-order valence-corrected chi connectivity index (χ3v) is 17.2. The summed E-state index contributed by atoms with van der Waals surface area (Å²) < 4.78 is 5.51. The molecule has 0 aromatic carbocycles. The number of allylic oxidation sites excluding steroid dienone is 3. The minimum atomic E-state index is -0.840. The highest BCUT2D eigenvalue weighted by molar-refractivity contribution is 5.76. The van der Waals surface area contributed by atoms with Gasteiger partial charge in [-0.3, -0.25) is 9.59 Å². The molecule has 0 bridgehead atoms. The summed E-state index contributed by atoms with van der Waals surface area (Å²) in [5, 5.41) is 23.2. The van der Waals surface area contributed by atoms with Crippen molar-refractivity contribution in [2.24, 2.45) is 0 Å². The van der Waals surface area contributed by atoms with Gasteiger partial charge in [-0.1, -0.05) is 366 Å². The lowest BCUT2D eigenvalue weighted by Crippen LogP contribution is -2.45. The molecule has 0 saturated carbocycles. The Hall–Kier alpha value is -1.66. The summed E-state index contributed by atoms with van der Waals surface area (Å²) >= 11 is 0. The number of ether oxygens (including phenoxy) is 1. The van der Waals surface area contributed by atoms with Crippen molar-refractivity contribution in [1.82, 2.24) is 5.32 Å². The maximum atomic E-state index is 12.5. The van der Waals surface area contributed by atoms with E-state index in [0.717, 1.165) is 44.9 Å². The van der Waals surface area contributed by atoms with Crippen molar-refractivity contribution in [3.05, 3.63) is 24.3 Å². The molecule has 2 unspecified atom stereocenters. The highest BCUT2D eigenvalue weighted by Gasteiger charge is 2.18. The van der Waals surface area contributed by atoms with Crippen molar-refractivity contribution < 1.29 is 24.5 Å². The van der Waals surface area contributed by atoms with Gasteiger partial charge in [0.15, 0.2) is 0 Å². The fraction of sp³-hybridized carbons (Fsp3) is 0.919. The summed E-state index contributed by atoms with van der Waals surface area (Å²) in [4.78, 5) is 24.6. The van der Waals surface area contributed by atoms with Crippen LogP contribution >= 0.6 is 0 Å². The first-order valence-electron chi connectivity index (χ1n) is 36.6. The summed E-state index contributed by atoms with van der Waals surface area (Å²) in [6, 6.07) is -0.623. The number of aliphatic hydroxyl groups is 2. The number of rotatable bonds is 69. The predicted octanol–water partition coefficient (Wildman–Crippen LogP) is 23.7. The lowest BCUT2D eigenvalue weighted by Gasteiger charge is -2.20. The first-order valence-corrected chi connectivity index (χ1v) is 36.6. The van der Waals surface area contributed by atoms with Gasteiger partial charge in [-0.15, -0.1) is 0 Å². The molecule has 6 heteroatoms. The van der Waals surface area contributed by atoms with Crippen LogP contribution in [0.25, 0.3) is 0 Å². The zero-order valence-electron chi connectivity index (χ0n) is 54.3. The van der Waals surface area contributed by atoms with Crippen LogP contribution in [0.4, 0.5) is 0 Å². The van der Waals surface area contributed by atoms with Gasteiger partial charge in [0.1, 0.15) is 0 Å². The van der Waals surface area contributed by atoms with Gasteiger partial charge in [-0.25, -0.2) is 0 Å². The molecule has 6 nitrogen and oxygen atoms in total. The molecule has 0 spiro atoms. The number of esters is 1. The van der Waals surface area contributed by atoms with Crippen LogP contribution < -0.4 is 5.32 Å². The van der Waals surface area contributed by atoms with Gasteiger partial charge in [-0.2, -0.15) is 0 Å². The normalized spacial score (nSPS) is 12.6. The molecule has 0 aliphatic carbocycles. The minimum Gasteiger partial charge on any atom is -0.466 e. The average molecular weight is 1130 g/mol. The van der Waals surface area contributed by atoms with Crippen molar-refractivity contribution in [3.63, 3.8) is 0 Å². The first kappa shape index (κ1) is 78.3. The molecular weight excluding hydrogens is 983 g/mol. The Balaban J connectivity index is 3.32. The Morgan fingerprint density at radius 3 is 0.887 bits per heavy atom. The van der Waals surface area contributed by atoms with Gasteiger partial charge in [0, 0.05) is 12.8 Å². The average Bonchev–Trinajstić information content (AvgIpc) is 3.46. The Labute approximate surface area is 501 Å². The maximum absolute atomic E-state index is 12.5. The quantitative estimate of drug-likeness (QED) is 0.0320. The van der Waals surface area contributed by atoms with Crippen molar-refractivity contribution in [2.45, 2.75) is 424 Å². The number of hydrogen-bond acceptors (Lipinski definition) is 5. The molecule has 0 fully saturated rings. The first-order chi connectivity index (χ1) is 39.5. The van der Waals surface area contributed by atoms with E-state index in [1.165, 1.54) is 340 Å². The third-order valence-electron chi connectivity index (χ3n) is 17.2. The van der Waals surface area contributed by atoms with Gasteiger partial charge >= 0.3 is 5.97 Å². The molecule has 1 amide bonds. The molecular formula is C74H143NO5. The van der Waals surface area contributed by atoms with Crippen LogP contribution in [-0.2, 0) is 14.3 Å². The molecule has 80 heavy (non-hydrogen) atoms. The van der Waals surface area contributed by atoms with E-state index in [2.05, 4.69) is 31.3 Å². The van der Waals surface area contributed by atoms with Gasteiger partial charge in [0.05, 0.1) is 25.4 Å². The Morgan fingerprint density at radius 2 is 0.588 bits per heavy atom. The molecule has 2 atom stereocenters. The van der Waals surface area contributed by atoms with Gasteiger partial charge in [0.2, 0.25) is 5.91 Å². The molecule has 0 aromatic rings. The van der Waals surface area contributed by atoms with Gasteiger partial charge in [0.25, 0.3) is 0 Å². The number of amides is 1. The van der Waals surface area contributed by atoms with Crippen LogP contribution in [0.3, 0.4) is 0 Å². The number of hydrogen-bond donors (Lipinski definition) is 3. The number of unbranched alkanes of at least 4 members (excludes halogenated alkanes) is 56. The second kappa shape index (κ2) is 69.8. The molecule has 0 saturated heterocycles. The van der Waals surface area contributed by atoms with Crippen LogP contribution in [0.5, 0.6) is 0 Å². The molecule has 3 N–H and O–H groups in total. The van der Waals surface area contributed by atoms with Crippen molar-refractivity contribution in [1.29, 1.82) is 0 Å². The fourth-order valence-corrected chi connectivity index (χ4v) is 11.6. The van der Waals surface area contributed by atoms with Gasteiger partial charge < -0.3 is 20.3 Å². The smallest absolute Gasteiger partial charge is 0.305 e. The highest BCUT2D eigenvalue weighted by atomic mass is 16.5. The summed E-state index contributed by atoms with van der Waals surface area (Å²) in [7, 11) is 0. The zero-order valence-corrected chi connectivity index (χ0v) is 54.3. The summed E-state index contributed by atoms with van der Waals surface area (Å²) in [6.07, 6.45) is 88.5. The third kappa shape index (κ3) is 65.5. The van der Waals surface area contributed by atoms with Crippen LogP contribution in [0.1, 0.15) is 412 Å². The van der Waals surface area contributed by atoms with Crippen molar-refractivity contribution in [3.8, 4) is 0 Å². The second-order valence-electron chi connectivity index (χ2n) is 25.3. The molecule has 474 valence electrons. The second-order valence-corrected chi connectivity index (χ2v) is 25.3. The maximum Gasteiger partial charge on any atom is 0.305 e. The summed E-state index contributed by atoms with van der Waals surface area (Å²) in [6.45, 7) is 4.93. The zero-order chi connectivity index (χ0) is 57.8. The topological polar surface area (TPSA) is 95.9 Å². The van der Waals surface area contributed by atoms with E-state index in [9.17, 15) is 19.8 Å². The van der Waals surface area contributed by atoms with Crippen LogP contribution in [-0.4, -0.2) is 47.4 Å². The van der Waals surface area contributed by atoms with Crippen LogP contribution in [0.2, 0.25) is 0 Å². The summed E-state index contributed by atoms with van der Waals surface area (Å²) in [5.41, 5.74) is 0. The standard InChI is InChI=1S/C74H143NO5/c1-3-5-7-9-11-13-15-17-19-36-40-44-48-52-56-60-64-68-74(79)80-69-65-61-57-53-49-45-41-38-35-33-31-29-27-25-23-21-20-22-24-26-28-30-32-34-37-39-43-47-51-55-59-63-67-73(78)75-71(70-76)72(77)66-62-58-54-50-46-42-18-16-14-12-10-8-6-4-2/h17,19,62,66,71-72,76-77H,3-16,18,20-61,63-65,67-70H2,1-2H3,(H,75,78)/b19-17-,66-62+. The van der Waals surface area contributed by atoms with E-state index in [1.54, 1.807) is 6.08 Å².